The third-order valence-corrected chi connectivity index (χ3v) is 1.03. The van der Waals surface area contributed by atoms with Crippen LogP contribution in [0.2, 0.25) is 0 Å². The smallest absolute Gasteiger partial charge is 0.443 e. The number of amides is 1. The highest BCUT2D eigenvalue weighted by Crippen LogP contribution is 1.99. The van der Waals surface area contributed by atoms with Gasteiger partial charge in [0.15, 0.2) is 0 Å². The van der Waals surface area contributed by atoms with Crippen LogP contribution in [0, 0.1) is 0 Å². The topological polar surface area (TPSA) is 56.1 Å². The summed E-state index contributed by atoms with van der Waals surface area (Å²) in [6.45, 7) is 0.562. The van der Waals surface area contributed by atoms with Gasteiger partial charge in [-0.25, -0.2) is 4.79 Å². The van der Waals surface area contributed by atoms with E-state index in [1.807, 2.05) is 0 Å². The maximum atomic E-state index is 10.2. The average Bonchev–Trinajstić information content (AvgIpc) is 2.13. The van der Waals surface area contributed by atoms with E-state index in [0.717, 1.165) is 5.12 Å². The van der Waals surface area contributed by atoms with Crippen molar-refractivity contribution in [1.82, 2.24) is 10.1 Å². The molecule has 0 spiro atoms. The van der Waals surface area contributed by atoms with Crippen molar-refractivity contribution in [2.24, 2.45) is 5.10 Å². The zero-order chi connectivity index (χ0) is 6.85. The zero-order valence-corrected chi connectivity index (χ0v) is 4.98. The number of rotatable bonds is 0. The quantitative estimate of drug-likeness (QED) is 0.493. The summed E-state index contributed by atoms with van der Waals surface area (Å²) in [5.41, 5.74) is 0. The molecule has 1 amide bonds. The fourth-order valence-corrected chi connectivity index (χ4v) is 0.593. The molecular formula is C4H7N3O2. The summed E-state index contributed by atoms with van der Waals surface area (Å²) in [6, 6.07) is 0. The van der Waals surface area contributed by atoms with Gasteiger partial charge in [-0.3, -0.25) is 0 Å². The molecule has 0 radical (unpaired) electrons. The molecule has 5 heteroatoms. The SMILES string of the molecule is CN1CC=NN1C(=O)O. The summed E-state index contributed by atoms with van der Waals surface area (Å²) >= 11 is 0. The molecule has 1 aliphatic heterocycles. The lowest BCUT2D eigenvalue weighted by molar-refractivity contribution is 0.0399. The Morgan fingerprint density at radius 2 is 2.56 bits per heavy atom. The fourth-order valence-electron chi connectivity index (χ4n) is 0.593. The summed E-state index contributed by atoms with van der Waals surface area (Å²) in [4.78, 5) is 10.2. The van der Waals surface area contributed by atoms with E-state index >= 15 is 0 Å². The second kappa shape index (κ2) is 2.02. The van der Waals surface area contributed by atoms with E-state index < -0.39 is 6.09 Å². The molecule has 0 aromatic carbocycles. The summed E-state index contributed by atoms with van der Waals surface area (Å²) in [7, 11) is 1.65. The molecule has 1 N–H and O–H groups in total. The van der Waals surface area contributed by atoms with Gasteiger partial charge in [-0.05, 0) is 0 Å². The number of hydrazine groups is 1. The van der Waals surface area contributed by atoms with Crippen LogP contribution < -0.4 is 0 Å². The van der Waals surface area contributed by atoms with Gasteiger partial charge < -0.3 is 5.11 Å². The molecule has 50 valence electrons. The lowest BCUT2D eigenvalue weighted by Gasteiger charge is -2.15. The highest BCUT2D eigenvalue weighted by molar-refractivity contribution is 5.70. The molecule has 1 aliphatic rings. The summed E-state index contributed by atoms with van der Waals surface area (Å²) in [5, 5.41) is 14.3. The molecule has 0 aromatic rings. The molecule has 0 saturated heterocycles. The number of hydrogen-bond donors (Lipinski definition) is 1. The third kappa shape index (κ3) is 0.996. The van der Waals surface area contributed by atoms with Crippen LogP contribution in [0.15, 0.2) is 5.10 Å². The van der Waals surface area contributed by atoms with Crippen LogP contribution in [0.5, 0.6) is 0 Å². The largest absolute Gasteiger partial charge is 0.463 e. The first-order valence-electron chi connectivity index (χ1n) is 2.48. The molecule has 9 heavy (non-hydrogen) atoms. The van der Waals surface area contributed by atoms with Gasteiger partial charge in [0.1, 0.15) is 0 Å². The highest BCUT2D eigenvalue weighted by atomic mass is 16.4. The highest BCUT2D eigenvalue weighted by Gasteiger charge is 2.18. The van der Waals surface area contributed by atoms with Crippen LogP contribution in [0.1, 0.15) is 0 Å². The lowest BCUT2D eigenvalue weighted by Crippen LogP contribution is -2.35. The van der Waals surface area contributed by atoms with Crippen molar-refractivity contribution in [2.75, 3.05) is 13.6 Å². The van der Waals surface area contributed by atoms with Crippen LogP contribution >= 0.6 is 0 Å². The molecule has 1 heterocycles. The first-order chi connectivity index (χ1) is 4.22. The van der Waals surface area contributed by atoms with Crippen molar-refractivity contribution < 1.29 is 9.90 Å². The zero-order valence-electron chi connectivity index (χ0n) is 4.98. The number of carbonyl (C=O) groups is 1. The van der Waals surface area contributed by atoms with E-state index in [2.05, 4.69) is 5.10 Å². The standard InChI is InChI=1S/C4H7N3O2/c1-6-3-2-5-7(6)4(8)9/h2H,3H2,1H3,(H,8,9). The molecule has 0 aliphatic carbocycles. The lowest BCUT2D eigenvalue weighted by atomic mass is 10.7. The number of hydrogen-bond acceptors (Lipinski definition) is 3. The number of carboxylic acid groups (broad SMARTS) is 1. The minimum absolute atomic E-state index is 0.562. The van der Waals surface area contributed by atoms with Crippen molar-refractivity contribution in [2.45, 2.75) is 0 Å². The average molecular weight is 129 g/mol. The second-order valence-corrected chi connectivity index (χ2v) is 1.71. The predicted octanol–water partition coefficient (Wildman–Crippen LogP) is -0.187. The van der Waals surface area contributed by atoms with Crippen molar-refractivity contribution >= 4 is 12.3 Å². The van der Waals surface area contributed by atoms with Crippen LogP contribution in [0.3, 0.4) is 0 Å². The summed E-state index contributed by atoms with van der Waals surface area (Å²) < 4.78 is 0. The van der Waals surface area contributed by atoms with Gasteiger partial charge in [0.2, 0.25) is 0 Å². The minimum atomic E-state index is -1.05. The minimum Gasteiger partial charge on any atom is -0.463 e. The molecule has 0 fully saturated rings. The monoisotopic (exact) mass is 129 g/mol. The number of hydrazone groups is 1. The second-order valence-electron chi connectivity index (χ2n) is 1.71. The Labute approximate surface area is 52.1 Å². The van der Waals surface area contributed by atoms with Gasteiger partial charge in [-0.1, -0.05) is 0 Å². The Bertz CT molecular complexity index is 156. The summed E-state index contributed by atoms with van der Waals surface area (Å²) in [6.07, 6.45) is 0.486. The molecular weight excluding hydrogens is 122 g/mol. The van der Waals surface area contributed by atoms with Gasteiger partial charge in [-0.15, -0.1) is 5.12 Å². The first-order valence-corrected chi connectivity index (χ1v) is 2.48. The Morgan fingerprint density at radius 1 is 1.89 bits per heavy atom. The van der Waals surface area contributed by atoms with Crippen molar-refractivity contribution in [1.29, 1.82) is 0 Å². The van der Waals surface area contributed by atoms with Gasteiger partial charge in [0.25, 0.3) is 0 Å². The van der Waals surface area contributed by atoms with Gasteiger partial charge in [0, 0.05) is 13.3 Å². The van der Waals surface area contributed by atoms with Gasteiger partial charge >= 0.3 is 6.09 Å². The Balaban J connectivity index is 2.59. The molecule has 0 bridgehead atoms. The Hall–Kier alpha value is -1.10. The van der Waals surface area contributed by atoms with Crippen molar-refractivity contribution in [3.05, 3.63) is 0 Å². The van der Waals surface area contributed by atoms with Crippen molar-refractivity contribution in [3.63, 3.8) is 0 Å². The number of nitrogens with zero attached hydrogens (tertiary/aromatic N) is 3. The Kier molecular flexibility index (Phi) is 1.35. The third-order valence-electron chi connectivity index (χ3n) is 1.03. The van der Waals surface area contributed by atoms with Gasteiger partial charge in [-0.2, -0.15) is 10.1 Å². The van der Waals surface area contributed by atoms with Crippen LogP contribution in [0.4, 0.5) is 4.79 Å². The molecule has 0 aromatic heterocycles. The molecule has 5 nitrogen and oxygen atoms in total. The first kappa shape index (κ1) is 6.03. The molecule has 1 rings (SSSR count). The fraction of sp³-hybridized carbons (Fsp3) is 0.500. The van der Waals surface area contributed by atoms with Crippen LogP contribution in [0.25, 0.3) is 0 Å². The van der Waals surface area contributed by atoms with E-state index in [0.29, 0.717) is 6.54 Å². The maximum absolute atomic E-state index is 10.2. The van der Waals surface area contributed by atoms with E-state index in [-0.39, 0.29) is 0 Å². The van der Waals surface area contributed by atoms with E-state index in [1.165, 1.54) is 11.2 Å². The van der Waals surface area contributed by atoms with E-state index in [1.54, 1.807) is 7.05 Å². The van der Waals surface area contributed by atoms with Crippen molar-refractivity contribution in [3.8, 4) is 0 Å². The van der Waals surface area contributed by atoms with Crippen LogP contribution in [-0.4, -0.2) is 41.1 Å². The van der Waals surface area contributed by atoms with E-state index in [9.17, 15) is 4.79 Å². The van der Waals surface area contributed by atoms with E-state index in [4.69, 9.17) is 5.11 Å². The molecule has 0 atom stereocenters. The normalized spacial score (nSPS) is 19.0. The Morgan fingerprint density at radius 3 is 2.78 bits per heavy atom. The van der Waals surface area contributed by atoms with Crippen LogP contribution in [-0.2, 0) is 0 Å². The predicted molar refractivity (Wildman–Crippen MR) is 31.0 cm³/mol. The summed E-state index contributed by atoms with van der Waals surface area (Å²) in [5.74, 6) is 0. The van der Waals surface area contributed by atoms with Gasteiger partial charge in [0.05, 0.1) is 6.54 Å². The maximum Gasteiger partial charge on any atom is 0.443 e. The molecule has 0 unspecified atom stereocenters. The molecule has 0 saturated carbocycles.